The lowest BCUT2D eigenvalue weighted by Crippen LogP contribution is -2.29. The van der Waals surface area contributed by atoms with Gasteiger partial charge in [0.25, 0.3) is 5.91 Å². The van der Waals surface area contributed by atoms with Gasteiger partial charge in [-0.25, -0.2) is 0 Å². The fraction of sp³-hybridized carbons (Fsp3) is 0.200. The summed E-state index contributed by atoms with van der Waals surface area (Å²) >= 11 is 0. The maximum absolute atomic E-state index is 11.0. The van der Waals surface area contributed by atoms with E-state index in [1.165, 1.54) is 0 Å². The van der Waals surface area contributed by atoms with Crippen LogP contribution in [0.1, 0.15) is 0 Å². The van der Waals surface area contributed by atoms with Gasteiger partial charge in [0, 0.05) is 11.8 Å². The number of hydrogen-bond acceptors (Lipinski definition) is 4. The van der Waals surface area contributed by atoms with Gasteiger partial charge in [0.1, 0.15) is 12.3 Å². The average Bonchev–Trinajstić information content (AvgIpc) is 2.23. The van der Waals surface area contributed by atoms with Crippen LogP contribution < -0.4 is 15.8 Å². The van der Waals surface area contributed by atoms with Gasteiger partial charge in [-0.15, -0.1) is 0 Å². The summed E-state index contributed by atoms with van der Waals surface area (Å²) in [5, 5.41) is 10.6. The van der Waals surface area contributed by atoms with Crippen molar-refractivity contribution < 1.29 is 9.53 Å². The third kappa shape index (κ3) is 4.00. The van der Waals surface area contributed by atoms with E-state index in [0.717, 1.165) is 0 Å². The van der Waals surface area contributed by atoms with E-state index in [0.29, 0.717) is 11.4 Å². The van der Waals surface area contributed by atoms with Crippen LogP contribution in [-0.4, -0.2) is 19.1 Å². The van der Waals surface area contributed by atoms with Crippen LogP contribution in [0.2, 0.25) is 0 Å². The quantitative estimate of drug-likeness (QED) is 0.546. The largest absolute Gasteiger partial charge is 0.484 e. The molecule has 0 aliphatic carbocycles. The van der Waals surface area contributed by atoms with Crippen LogP contribution >= 0.6 is 0 Å². The van der Waals surface area contributed by atoms with E-state index in [1.807, 2.05) is 0 Å². The Bertz CT molecular complexity index is 384. The molecule has 0 unspecified atom stereocenters. The first-order valence-corrected chi connectivity index (χ1v) is 4.34. The van der Waals surface area contributed by atoms with E-state index >= 15 is 0 Å². The zero-order chi connectivity index (χ0) is 11.1. The van der Waals surface area contributed by atoms with Crippen LogP contribution in [0, 0.1) is 11.3 Å². The summed E-state index contributed by atoms with van der Waals surface area (Å²) in [6.07, 6.45) is 0. The van der Waals surface area contributed by atoms with E-state index in [1.54, 1.807) is 30.3 Å². The number of ether oxygens (including phenoxy) is 1. The van der Waals surface area contributed by atoms with Gasteiger partial charge in [0.2, 0.25) is 0 Å². The molecule has 0 atom stereocenters. The molecular weight excluding hydrogens is 194 g/mol. The lowest BCUT2D eigenvalue weighted by molar-refractivity contribution is -0.122. The number of benzene rings is 1. The summed E-state index contributed by atoms with van der Waals surface area (Å²) in [5.41, 5.74) is 6.10. The number of carbonyl (C=O) groups excluding carboxylic acids is 1. The maximum Gasteiger partial charge on any atom is 0.258 e. The molecule has 0 heterocycles. The molecule has 5 heteroatoms. The summed E-state index contributed by atoms with van der Waals surface area (Å²) in [7, 11) is 0. The maximum atomic E-state index is 11.0. The lowest BCUT2D eigenvalue weighted by Gasteiger charge is -2.05. The normalized spacial score (nSPS) is 9.00. The molecular formula is C10H11N3O2. The second kappa shape index (κ2) is 5.50. The SMILES string of the molecule is N#CCNC(=O)COc1cccc(N)c1. The standard InChI is InChI=1S/C10H11N3O2/c11-4-5-13-10(14)7-15-9-3-1-2-8(12)6-9/h1-3,6H,5,7,12H2,(H,13,14). The van der Waals surface area contributed by atoms with Gasteiger partial charge in [-0.3, -0.25) is 4.79 Å². The van der Waals surface area contributed by atoms with Crippen molar-refractivity contribution in [1.29, 1.82) is 5.26 Å². The topological polar surface area (TPSA) is 88.1 Å². The highest BCUT2D eigenvalue weighted by Crippen LogP contribution is 2.13. The van der Waals surface area contributed by atoms with Crippen molar-refractivity contribution in [1.82, 2.24) is 5.32 Å². The smallest absolute Gasteiger partial charge is 0.258 e. The Morgan fingerprint density at radius 2 is 2.40 bits per heavy atom. The van der Waals surface area contributed by atoms with E-state index < -0.39 is 0 Å². The van der Waals surface area contributed by atoms with Crippen molar-refractivity contribution in [3.63, 3.8) is 0 Å². The molecule has 3 N–H and O–H groups in total. The number of nitrogens with two attached hydrogens (primary N) is 1. The predicted molar refractivity (Wildman–Crippen MR) is 55.0 cm³/mol. The van der Waals surface area contributed by atoms with Gasteiger partial charge in [0.15, 0.2) is 6.61 Å². The first-order valence-electron chi connectivity index (χ1n) is 4.34. The lowest BCUT2D eigenvalue weighted by atomic mass is 10.3. The number of hydrogen-bond donors (Lipinski definition) is 2. The Balaban J connectivity index is 2.37. The van der Waals surface area contributed by atoms with Crippen LogP contribution in [0.3, 0.4) is 0 Å². The monoisotopic (exact) mass is 205 g/mol. The van der Waals surface area contributed by atoms with Crippen molar-refractivity contribution in [2.75, 3.05) is 18.9 Å². The Morgan fingerprint density at radius 3 is 3.07 bits per heavy atom. The van der Waals surface area contributed by atoms with Crippen molar-refractivity contribution in [2.45, 2.75) is 0 Å². The molecule has 1 rings (SSSR count). The van der Waals surface area contributed by atoms with Crippen LogP contribution in [0.4, 0.5) is 5.69 Å². The van der Waals surface area contributed by atoms with Crippen molar-refractivity contribution in [3.8, 4) is 11.8 Å². The fourth-order valence-corrected chi connectivity index (χ4v) is 0.942. The number of carbonyl (C=O) groups is 1. The molecule has 78 valence electrons. The molecule has 0 bridgehead atoms. The first-order chi connectivity index (χ1) is 7.22. The molecule has 1 amide bonds. The minimum Gasteiger partial charge on any atom is -0.484 e. The highest BCUT2D eigenvalue weighted by Gasteiger charge is 2.01. The van der Waals surface area contributed by atoms with Gasteiger partial charge >= 0.3 is 0 Å². The summed E-state index contributed by atoms with van der Waals surface area (Å²) in [4.78, 5) is 11.0. The molecule has 0 spiro atoms. The number of rotatable bonds is 4. The molecule has 5 nitrogen and oxygen atoms in total. The Labute approximate surface area is 87.4 Å². The number of anilines is 1. The third-order valence-electron chi connectivity index (χ3n) is 1.59. The molecule has 0 saturated carbocycles. The number of nitriles is 1. The molecule has 15 heavy (non-hydrogen) atoms. The van der Waals surface area contributed by atoms with Gasteiger partial charge < -0.3 is 15.8 Å². The highest BCUT2D eigenvalue weighted by molar-refractivity contribution is 5.77. The van der Waals surface area contributed by atoms with E-state index in [2.05, 4.69) is 5.32 Å². The third-order valence-corrected chi connectivity index (χ3v) is 1.59. The van der Waals surface area contributed by atoms with E-state index in [4.69, 9.17) is 15.7 Å². The van der Waals surface area contributed by atoms with Gasteiger partial charge in [0.05, 0.1) is 6.07 Å². The van der Waals surface area contributed by atoms with Crippen molar-refractivity contribution in [3.05, 3.63) is 24.3 Å². The first kappa shape index (κ1) is 10.9. The number of nitrogens with one attached hydrogen (secondary N) is 1. The average molecular weight is 205 g/mol. The zero-order valence-corrected chi connectivity index (χ0v) is 8.06. The number of amides is 1. The van der Waals surface area contributed by atoms with Crippen LogP contribution in [0.25, 0.3) is 0 Å². The summed E-state index contributed by atoms with van der Waals surface area (Å²) in [6.45, 7) is -0.135. The van der Waals surface area contributed by atoms with Gasteiger partial charge in [-0.1, -0.05) is 6.07 Å². The highest BCUT2D eigenvalue weighted by atomic mass is 16.5. The van der Waals surface area contributed by atoms with E-state index in [-0.39, 0.29) is 19.1 Å². The molecule has 0 aromatic heterocycles. The number of nitrogen functional groups attached to an aromatic ring is 1. The van der Waals surface area contributed by atoms with Crippen molar-refractivity contribution in [2.24, 2.45) is 0 Å². The molecule has 0 radical (unpaired) electrons. The summed E-state index contributed by atoms with van der Waals surface area (Å²) in [5.74, 6) is 0.195. The molecule has 0 aliphatic heterocycles. The molecule has 0 saturated heterocycles. The summed E-state index contributed by atoms with van der Waals surface area (Å²) < 4.78 is 5.14. The Kier molecular flexibility index (Phi) is 3.98. The molecule has 0 aliphatic rings. The summed E-state index contributed by atoms with van der Waals surface area (Å²) in [6, 6.07) is 8.58. The van der Waals surface area contributed by atoms with Crippen molar-refractivity contribution >= 4 is 11.6 Å². The molecule has 1 aromatic carbocycles. The Morgan fingerprint density at radius 1 is 1.60 bits per heavy atom. The van der Waals surface area contributed by atoms with Crippen LogP contribution in [0.5, 0.6) is 5.75 Å². The minimum atomic E-state index is -0.334. The molecule has 1 aromatic rings. The second-order valence-electron chi connectivity index (χ2n) is 2.80. The minimum absolute atomic E-state index is 0.0148. The van der Waals surface area contributed by atoms with Crippen LogP contribution in [-0.2, 0) is 4.79 Å². The Hall–Kier alpha value is -2.22. The van der Waals surface area contributed by atoms with E-state index in [9.17, 15) is 4.79 Å². The van der Waals surface area contributed by atoms with Crippen LogP contribution in [0.15, 0.2) is 24.3 Å². The number of nitrogens with zero attached hydrogens (tertiary/aromatic N) is 1. The fourth-order valence-electron chi connectivity index (χ4n) is 0.942. The second-order valence-corrected chi connectivity index (χ2v) is 2.80. The predicted octanol–water partition coefficient (Wildman–Crippen LogP) is 0.287. The molecule has 0 fully saturated rings. The zero-order valence-electron chi connectivity index (χ0n) is 8.06. The van der Waals surface area contributed by atoms with Gasteiger partial charge in [-0.2, -0.15) is 5.26 Å². The van der Waals surface area contributed by atoms with Gasteiger partial charge in [-0.05, 0) is 12.1 Å².